The molecule has 1 aliphatic rings. The molecular weight excluding hydrogens is 262 g/mol. The van der Waals surface area contributed by atoms with Crippen LogP contribution in [0, 0.1) is 6.92 Å². The predicted molar refractivity (Wildman–Crippen MR) is 73.4 cm³/mol. The fourth-order valence-corrected chi connectivity index (χ4v) is 2.50. The van der Waals surface area contributed by atoms with Crippen molar-refractivity contribution in [3.63, 3.8) is 0 Å². The summed E-state index contributed by atoms with van der Waals surface area (Å²) < 4.78 is 0. The van der Waals surface area contributed by atoms with Gasteiger partial charge in [-0.05, 0) is 18.9 Å². The van der Waals surface area contributed by atoms with E-state index in [4.69, 9.17) is 11.6 Å². The molecule has 0 saturated heterocycles. The highest BCUT2D eigenvalue weighted by atomic mass is 35.5. The van der Waals surface area contributed by atoms with Crippen LogP contribution < -0.4 is 4.90 Å². The monoisotopic (exact) mass is 275 g/mol. The molecule has 0 amide bonds. The normalized spacial score (nSPS) is 14.9. The first-order valence-corrected chi connectivity index (χ1v) is 6.63. The largest absolute Gasteiger partial charge is 0.356 e. The van der Waals surface area contributed by atoms with Crippen LogP contribution in [0.5, 0.6) is 0 Å². The third-order valence-electron chi connectivity index (χ3n) is 3.45. The lowest BCUT2D eigenvalue weighted by Crippen LogP contribution is -2.27. The number of fused-ring (bicyclic) bond motifs is 1. The second-order valence-electron chi connectivity index (χ2n) is 4.59. The highest BCUT2D eigenvalue weighted by molar-refractivity contribution is 6.30. The van der Waals surface area contributed by atoms with Crippen molar-refractivity contribution in [2.45, 2.75) is 19.8 Å². The number of hydrogen-bond donors (Lipinski definition) is 0. The predicted octanol–water partition coefficient (Wildman–Crippen LogP) is 1.83. The first kappa shape index (κ1) is 12.3. The maximum absolute atomic E-state index is 6.06. The van der Waals surface area contributed by atoms with Gasteiger partial charge in [-0.1, -0.05) is 11.6 Å². The molecule has 6 heteroatoms. The first-order valence-electron chi connectivity index (χ1n) is 6.25. The Bertz CT molecular complexity index is 574. The molecule has 2 aromatic rings. The van der Waals surface area contributed by atoms with Crippen LogP contribution in [0.3, 0.4) is 0 Å². The Kier molecular flexibility index (Phi) is 3.29. The van der Waals surface area contributed by atoms with E-state index in [0.717, 1.165) is 43.0 Å². The summed E-state index contributed by atoms with van der Waals surface area (Å²) >= 11 is 6.06. The number of halogens is 1. The second kappa shape index (κ2) is 5.09. The molecule has 0 atom stereocenters. The summed E-state index contributed by atoms with van der Waals surface area (Å²) in [5.74, 6) is 0.917. The van der Waals surface area contributed by atoms with Crippen molar-refractivity contribution >= 4 is 17.4 Å². The van der Waals surface area contributed by atoms with Gasteiger partial charge in [0.1, 0.15) is 23.6 Å². The van der Waals surface area contributed by atoms with Crippen molar-refractivity contribution in [2.24, 2.45) is 0 Å². The fourth-order valence-electron chi connectivity index (χ4n) is 2.38. The average molecular weight is 276 g/mol. The lowest BCUT2D eigenvalue weighted by Gasteiger charge is -2.22. The molecule has 0 bridgehead atoms. The van der Waals surface area contributed by atoms with Gasteiger partial charge in [0.15, 0.2) is 0 Å². The maximum Gasteiger partial charge on any atom is 0.137 e. The molecular formula is C13H14ClN5. The molecule has 5 nitrogen and oxygen atoms in total. The third kappa shape index (κ3) is 2.38. The molecule has 3 heterocycles. The molecule has 0 aliphatic carbocycles. The van der Waals surface area contributed by atoms with Gasteiger partial charge in [0.25, 0.3) is 0 Å². The quantitative estimate of drug-likeness (QED) is 0.743. The number of nitrogens with zero attached hydrogens (tertiary/aromatic N) is 5. The van der Waals surface area contributed by atoms with Gasteiger partial charge in [0.2, 0.25) is 0 Å². The zero-order valence-electron chi connectivity index (χ0n) is 10.7. The maximum atomic E-state index is 6.06. The van der Waals surface area contributed by atoms with Gasteiger partial charge < -0.3 is 4.90 Å². The Morgan fingerprint density at radius 3 is 2.84 bits per heavy atom. The highest BCUT2D eigenvalue weighted by Gasteiger charge is 2.18. The Hall–Kier alpha value is -1.75. The van der Waals surface area contributed by atoms with Gasteiger partial charge in [0, 0.05) is 37.0 Å². The summed E-state index contributed by atoms with van der Waals surface area (Å²) in [6.07, 6.45) is 6.87. The summed E-state index contributed by atoms with van der Waals surface area (Å²) in [5.41, 5.74) is 3.29. The molecule has 1 aliphatic heterocycles. The van der Waals surface area contributed by atoms with E-state index >= 15 is 0 Å². The van der Waals surface area contributed by atoms with Crippen LogP contribution >= 0.6 is 11.6 Å². The minimum absolute atomic E-state index is 0.520. The number of anilines is 1. The van der Waals surface area contributed by atoms with Crippen LogP contribution in [0.4, 0.5) is 5.82 Å². The van der Waals surface area contributed by atoms with Gasteiger partial charge in [-0.3, -0.25) is 0 Å². The van der Waals surface area contributed by atoms with Crippen LogP contribution in [0.2, 0.25) is 5.15 Å². The van der Waals surface area contributed by atoms with E-state index < -0.39 is 0 Å². The number of rotatable bonds is 1. The van der Waals surface area contributed by atoms with Crippen molar-refractivity contribution in [1.82, 2.24) is 19.9 Å². The summed E-state index contributed by atoms with van der Waals surface area (Å²) in [6, 6.07) is 0. The zero-order chi connectivity index (χ0) is 13.2. The molecule has 0 radical (unpaired) electrons. The van der Waals surface area contributed by atoms with Crippen LogP contribution in [0.1, 0.15) is 16.8 Å². The van der Waals surface area contributed by atoms with Crippen LogP contribution in [0.25, 0.3) is 0 Å². The Labute approximate surface area is 116 Å². The summed E-state index contributed by atoms with van der Waals surface area (Å²) in [4.78, 5) is 19.0. The van der Waals surface area contributed by atoms with E-state index in [9.17, 15) is 0 Å². The van der Waals surface area contributed by atoms with Crippen molar-refractivity contribution in [3.8, 4) is 0 Å². The molecule has 98 valence electrons. The molecule has 0 saturated carbocycles. The van der Waals surface area contributed by atoms with E-state index in [-0.39, 0.29) is 0 Å². The van der Waals surface area contributed by atoms with Crippen molar-refractivity contribution < 1.29 is 0 Å². The molecule has 3 rings (SSSR count). The SMILES string of the molecule is Cc1c(Cl)ncnc1N1CCc2cncnc2CC1. The number of aromatic nitrogens is 4. The number of hydrogen-bond acceptors (Lipinski definition) is 5. The smallest absolute Gasteiger partial charge is 0.137 e. The molecule has 0 spiro atoms. The molecule has 19 heavy (non-hydrogen) atoms. The van der Waals surface area contributed by atoms with Crippen LogP contribution in [-0.2, 0) is 12.8 Å². The van der Waals surface area contributed by atoms with Gasteiger partial charge >= 0.3 is 0 Å². The third-order valence-corrected chi connectivity index (χ3v) is 3.83. The molecule has 0 fully saturated rings. The lowest BCUT2D eigenvalue weighted by atomic mass is 10.1. The van der Waals surface area contributed by atoms with Crippen molar-refractivity contribution in [2.75, 3.05) is 18.0 Å². The molecule has 0 unspecified atom stereocenters. The Morgan fingerprint density at radius 2 is 1.95 bits per heavy atom. The van der Waals surface area contributed by atoms with Gasteiger partial charge in [0.05, 0.1) is 0 Å². The molecule has 0 aromatic carbocycles. The summed E-state index contributed by atoms with van der Waals surface area (Å²) in [7, 11) is 0. The molecule has 0 N–H and O–H groups in total. The van der Waals surface area contributed by atoms with Gasteiger partial charge in [-0.25, -0.2) is 19.9 Å². The topological polar surface area (TPSA) is 54.8 Å². The summed E-state index contributed by atoms with van der Waals surface area (Å²) in [5, 5.41) is 0.520. The fraction of sp³-hybridized carbons (Fsp3) is 0.385. The second-order valence-corrected chi connectivity index (χ2v) is 4.95. The lowest BCUT2D eigenvalue weighted by molar-refractivity contribution is 0.780. The van der Waals surface area contributed by atoms with E-state index in [0.29, 0.717) is 5.15 Å². The average Bonchev–Trinajstić information content (AvgIpc) is 2.65. The van der Waals surface area contributed by atoms with E-state index in [1.54, 1.807) is 6.33 Å². The Morgan fingerprint density at radius 1 is 1.11 bits per heavy atom. The molecule has 2 aromatic heterocycles. The minimum Gasteiger partial charge on any atom is -0.356 e. The van der Waals surface area contributed by atoms with E-state index in [1.807, 2.05) is 13.1 Å². The highest BCUT2D eigenvalue weighted by Crippen LogP contribution is 2.24. The Balaban J connectivity index is 1.88. The van der Waals surface area contributed by atoms with Gasteiger partial charge in [-0.15, -0.1) is 0 Å². The van der Waals surface area contributed by atoms with Gasteiger partial charge in [-0.2, -0.15) is 0 Å². The van der Waals surface area contributed by atoms with Crippen LogP contribution in [-0.4, -0.2) is 33.0 Å². The van der Waals surface area contributed by atoms with Crippen LogP contribution in [0.15, 0.2) is 18.9 Å². The van der Waals surface area contributed by atoms with E-state index in [2.05, 4.69) is 24.8 Å². The standard InChI is InChI=1S/C13H14ClN5/c1-9-12(14)17-8-18-13(9)19-4-2-10-6-15-7-16-11(10)3-5-19/h6-8H,2-5H2,1H3. The zero-order valence-corrected chi connectivity index (χ0v) is 11.4. The van der Waals surface area contributed by atoms with E-state index in [1.165, 1.54) is 11.9 Å². The summed E-state index contributed by atoms with van der Waals surface area (Å²) in [6.45, 7) is 3.74. The van der Waals surface area contributed by atoms with Crippen molar-refractivity contribution in [1.29, 1.82) is 0 Å². The first-order chi connectivity index (χ1) is 9.25. The minimum atomic E-state index is 0.520. The van der Waals surface area contributed by atoms with Crippen molar-refractivity contribution in [3.05, 3.63) is 40.8 Å².